The van der Waals surface area contributed by atoms with Crippen LogP contribution >= 0.6 is 0 Å². The lowest BCUT2D eigenvalue weighted by Gasteiger charge is -1.99. The number of nitrogens with zero attached hydrogens (tertiary/aromatic N) is 2. The molecule has 82 valence electrons. The molecule has 0 aromatic carbocycles. The lowest BCUT2D eigenvalue weighted by atomic mass is 10.2. The molecular formula is C11H11N3O2. The van der Waals surface area contributed by atoms with Gasteiger partial charge in [0, 0.05) is 18.7 Å². The van der Waals surface area contributed by atoms with Crippen LogP contribution in [0.1, 0.15) is 5.56 Å². The van der Waals surface area contributed by atoms with Crippen LogP contribution in [0.5, 0.6) is 0 Å². The van der Waals surface area contributed by atoms with Crippen molar-refractivity contribution in [2.75, 3.05) is 0 Å². The molecule has 0 spiro atoms. The Morgan fingerprint density at radius 1 is 1.62 bits per heavy atom. The standard InChI is InChI=1S/C11H11N3O2/c1-14-11(9-3-2-6-16-9)8(7-13-14)4-5-10(12)15/h2-7H,1H3,(H2,12,15). The number of hydrogen-bond donors (Lipinski definition) is 1. The van der Waals surface area contributed by atoms with Gasteiger partial charge in [0.25, 0.3) is 0 Å². The zero-order valence-electron chi connectivity index (χ0n) is 8.75. The third kappa shape index (κ3) is 1.88. The van der Waals surface area contributed by atoms with Crippen molar-refractivity contribution in [2.24, 2.45) is 12.8 Å². The Hall–Kier alpha value is -2.30. The molecule has 0 saturated carbocycles. The Kier molecular flexibility index (Phi) is 2.59. The quantitative estimate of drug-likeness (QED) is 0.784. The molecule has 0 fully saturated rings. The minimum Gasteiger partial charge on any atom is -0.463 e. The molecule has 0 saturated heterocycles. The first-order valence-corrected chi connectivity index (χ1v) is 4.72. The molecule has 2 aromatic rings. The minimum absolute atomic E-state index is 0.491. The summed E-state index contributed by atoms with van der Waals surface area (Å²) in [6.07, 6.45) is 6.15. The van der Waals surface area contributed by atoms with Gasteiger partial charge in [-0.15, -0.1) is 0 Å². The number of amides is 1. The molecule has 0 aliphatic rings. The summed E-state index contributed by atoms with van der Waals surface area (Å²) in [7, 11) is 1.81. The fraction of sp³-hybridized carbons (Fsp3) is 0.0909. The first-order chi connectivity index (χ1) is 7.68. The second-order valence-corrected chi connectivity index (χ2v) is 3.29. The molecule has 1 amide bonds. The Labute approximate surface area is 92.2 Å². The molecule has 0 bridgehead atoms. The fourth-order valence-electron chi connectivity index (χ4n) is 1.46. The van der Waals surface area contributed by atoms with Crippen molar-refractivity contribution in [3.8, 4) is 11.5 Å². The van der Waals surface area contributed by atoms with Gasteiger partial charge in [-0.2, -0.15) is 5.10 Å². The first kappa shape index (κ1) is 10.2. The van der Waals surface area contributed by atoms with Crippen molar-refractivity contribution >= 4 is 12.0 Å². The van der Waals surface area contributed by atoms with Gasteiger partial charge in [0.15, 0.2) is 5.76 Å². The van der Waals surface area contributed by atoms with Gasteiger partial charge in [-0.1, -0.05) is 0 Å². The summed E-state index contributed by atoms with van der Waals surface area (Å²) in [6, 6.07) is 3.63. The normalized spacial score (nSPS) is 11.1. The van der Waals surface area contributed by atoms with Crippen LogP contribution in [0.25, 0.3) is 17.5 Å². The Morgan fingerprint density at radius 3 is 3.06 bits per heavy atom. The molecule has 0 radical (unpaired) electrons. The molecule has 2 N–H and O–H groups in total. The third-order valence-corrected chi connectivity index (χ3v) is 2.15. The van der Waals surface area contributed by atoms with Crippen LogP contribution in [-0.4, -0.2) is 15.7 Å². The summed E-state index contributed by atoms with van der Waals surface area (Å²) < 4.78 is 6.98. The highest BCUT2D eigenvalue weighted by Crippen LogP contribution is 2.24. The van der Waals surface area contributed by atoms with Crippen LogP contribution in [0.4, 0.5) is 0 Å². The number of carbonyl (C=O) groups excluding carboxylic acids is 1. The van der Waals surface area contributed by atoms with Crippen LogP contribution in [0.3, 0.4) is 0 Å². The number of furan rings is 1. The molecule has 2 aromatic heterocycles. The lowest BCUT2D eigenvalue weighted by molar-refractivity contribution is -0.113. The highest BCUT2D eigenvalue weighted by Gasteiger charge is 2.10. The number of primary amides is 1. The summed E-state index contributed by atoms with van der Waals surface area (Å²) in [5.41, 5.74) is 6.64. The average Bonchev–Trinajstić information content (AvgIpc) is 2.83. The van der Waals surface area contributed by atoms with Crippen LogP contribution in [0.2, 0.25) is 0 Å². The predicted molar refractivity (Wildman–Crippen MR) is 59.1 cm³/mol. The summed E-state index contributed by atoms with van der Waals surface area (Å²) in [4.78, 5) is 10.7. The predicted octanol–water partition coefficient (Wildman–Crippen LogP) is 1.18. The molecule has 2 heterocycles. The van der Waals surface area contributed by atoms with Gasteiger partial charge < -0.3 is 10.2 Å². The highest BCUT2D eigenvalue weighted by atomic mass is 16.3. The van der Waals surface area contributed by atoms with Crippen molar-refractivity contribution in [2.45, 2.75) is 0 Å². The topological polar surface area (TPSA) is 74.1 Å². The summed E-state index contributed by atoms with van der Waals surface area (Å²) in [5, 5.41) is 4.10. The molecular weight excluding hydrogens is 206 g/mol. The van der Waals surface area contributed by atoms with Gasteiger partial charge in [0.2, 0.25) is 5.91 Å². The number of nitrogens with two attached hydrogens (primary N) is 1. The van der Waals surface area contributed by atoms with Gasteiger partial charge in [-0.05, 0) is 18.2 Å². The Morgan fingerprint density at radius 2 is 2.44 bits per heavy atom. The summed E-state index contributed by atoms with van der Waals surface area (Å²) in [5.74, 6) is 0.207. The largest absolute Gasteiger partial charge is 0.463 e. The van der Waals surface area contributed by atoms with E-state index in [0.29, 0.717) is 5.76 Å². The van der Waals surface area contributed by atoms with E-state index in [4.69, 9.17) is 10.2 Å². The number of carbonyl (C=O) groups is 1. The molecule has 5 heteroatoms. The van der Waals surface area contributed by atoms with Gasteiger partial charge in [-0.3, -0.25) is 9.48 Å². The maximum absolute atomic E-state index is 10.7. The molecule has 16 heavy (non-hydrogen) atoms. The molecule has 2 rings (SSSR count). The summed E-state index contributed by atoms with van der Waals surface area (Å²) in [6.45, 7) is 0. The number of aromatic nitrogens is 2. The van der Waals surface area contributed by atoms with Gasteiger partial charge >= 0.3 is 0 Å². The number of hydrogen-bond acceptors (Lipinski definition) is 3. The van der Waals surface area contributed by atoms with Crippen LogP contribution < -0.4 is 5.73 Å². The van der Waals surface area contributed by atoms with E-state index in [9.17, 15) is 4.79 Å². The van der Waals surface area contributed by atoms with Crippen LogP contribution in [0, 0.1) is 0 Å². The SMILES string of the molecule is Cn1ncc(C=CC(N)=O)c1-c1ccco1. The molecule has 0 aliphatic carbocycles. The van der Waals surface area contributed by atoms with E-state index in [1.54, 1.807) is 36.3 Å². The maximum atomic E-state index is 10.7. The molecule has 0 unspecified atom stereocenters. The molecule has 0 aliphatic heterocycles. The van der Waals surface area contributed by atoms with Crippen molar-refractivity contribution in [1.29, 1.82) is 0 Å². The van der Waals surface area contributed by atoms with Crippen LogP contribution in [-0.2, 0) is 11.8 Å². The van der Waals surface area contributed by atoms with E-state index in [0.717, 1.165) is 11.3 Å². The summed E-state index contributed by atoms with van der Waals surface area (Å²) >= 11 is 0. The Bertz CT molecular complexity index is 523. The van der Waals surface area contributed by atoms with E-state index in [2.05, 4.69) is 5.10 Å². The zero-order chi connectivity index (χ0) is 11.5. The second-order valence-electron chi connectivity index (χ2n) is 3.29. The van der Waals surface area contributed by atoms with E-state index in [-0.39, 0.29) is 0 Å². The van der Waals surface area contributed by atoms with Crippen molar-refractivity contribution < 1.29 is 9.21 Å². The fourth-order valence-corrected chi connectivity index (χ4v) is 1.46. The van der Waals surface area contributed by atoms with E-state index in [1.165, 1.54) is 6.08 Å². The van der Waals surface area contributed by atoms with E-state index >= 15 is 0 Å². The van der Waals surface area contributed by atoms with Crippen molar-refractivity contribution in [3.63, 3.8) is 0 Å². The van der Waals surface area contributed by atoms with Crippen molar-refractivity contribution in [3.05, 3.63) is 36.2 Å². The van der Waals surface area contributed by atoms with E-state index < -0.39 is 5.91 Å². The monoisotopic (exact) mass is 217 g/mol. The van der Waals surface area contributed by atoms with Crippen LogP contribution in [0.15, 0.2) is 35.1 Å². The number of aryl methyl sites for hydroxylation is 1. The molecule has 5 nitrogen and oxygen atoms in total. The van der Waals surface area contributed by atoms with Gasteiger partial charge in [-0.25, -0.2) is 0 Å². The maximum Gasteiger partial charge on any atom is 0.241 e. The highest BCUT2D eigenvalue weighted by molar-refractivity contribution is 5.91. The van der Waals surface area contributed by atoms with Gasteiger partial charge in [0.05, 0.1) is 12.5 Å². The first-order valence-electron chi connectivity index (χ1n) is 4.72. The zero-order valence-corrected chi connectivity index (χ0v) is 8.75. The third-order valence-electron chi connectivity index (χ3n) is 2.15. The number of rotatable bonds is 3. The smallest absolute Gasteiger partial charge is 0.241 e. The average molecular weight is 217 g/mol. The minimum atomic E-state index is -0.491. The lowest BCUT2D eigenvalue weighted by Crippen LogP contribution is -2.05. The Balaban J connectivity index is 2.45. The second kappa shape index (κ2) is 4.06. The molecule has 0 atom stereocenters. The van der Waals surface area contributed by atoms with E-state index in [1.807, 2.05) is 6.07 Å². The van der Waals surface area contributed by atoms with Gasteiger partial charge in [0.1, 0.15) is 5.69 Å². The van der Waals surface area contributed by atoms with Crippen molar-refractivity contribution in [1.82, 2.24) is 9.78 Å².